The molecule has 0 fully saturated rings. The average molecular weight is 257 g/mol. The van der Waals surface area contributed by atoms with E-state index in [9.17, 15) is 4.80 Å². The van der Waals surface area contributed by atoms with E-state index in [4.69, 9.17) is 0 Å². The van der Waals surface area contributed by atoms with Gasteiger partial charge in [0.05, 0.1) is 0 Å². The van der Waals surface area contributed by atoms with Crippen LogP contribution in [0.3, 0.4) is 0 Å². The molecule has 0 atom stereocenters. The van der Waals surface area contributed by atoms with Crippen molar-refractivity contribution >= 4 is 18.7 Å². The van der Waals surface area contributed by atoms with Gasteiger partial charge in [-0.1, -0.05) is 0 Å². The maximum atomic E-state index is 11.5. The Balaban J connectivity index is 2.63. The Kier molecular flexibility index (Phi) is 3.42. The SMILES string of the molecule is CC(C)(C)[SiH-](O)(c1ccccc1)c1ccccc1. The molecule has 1 N–H and O–H groups in total. The summed E-state index contributed by atoms with van der Waals surface area (Å²) in [6.07, 6.45) is 0. The number of rotatable bonds is 2. The van der Waals surface area contributed by atoms with Gasteiger partial charge < -0.3 is 0 Å². The van der Waals surface area contributed by atoms with E-state index in [1.165, 1.54) is 0 Å². The third-order valence-electron chi connectivity index (χ3n) is 3.82. The van der Waals surface area contributed by atoms with E-state index >= 15 is 0 Å². The summed E-state index contributed by atoms with van der Waals surface area (Å²) in [7, 11) is -3.05. The molecule has 0 aliphatic carbocycles. The van der Waals surface area contributed by atoms with Gasteiger partial charge in [0.2, 0.25) is 0 Å². The zero-order valence-corrected chi connectivity index (χ0v) is 12.5. The van der Waals surface area contributed by atoms with Gasteiger partial charge in [-0.15, -0.1) is 0 Å². The molecule has 2 aromatic rings. The van der Waals surface area contributed by atoms with Gasteiger partial charge in [0.25, 0.3) is 0 Å². The molecule has 1 nitrogen and oxygen atoms in total. The van der Waals surface area contributed by atoms with E-state index in [-0.39, 0.29) is 5.04 Å². The third-order valence-corrected chi connectivity index (χ3v) is 9.02. The number of hydrogen-bond donors (Lipinski definition) is 1. The van der Waals surface area contributed by atoms with Gasteiger partial charge in [0.1, 0.15) is 0 Å². The van der Waals surface area contributed by atoms with Gasteiger partial charge in [-0.25, -0.2) is 0 Å². The van der Waals surface area contributed by atoms with Gasteiger partial charge in [-0.2, -0.15) is 0 Å². The third kappa shape index (κ3) is 2.14. The molecule has 0 bridgehead atoms. The quantitative estimate of drug-likeness (QED) is 0.818. The standard InChI is InChI=1S/C16H21OSi/c1-16(2,3)18(17,14-10-6-4-7-11-14)15-12-8-5-9-13-15/h4-13,17-18H,1-3H3/q-1. The molecule has 0 heterocycles. The summed E-state index contributed by atoms with van der Waals surface area (Å²) in [5, 5.41) is 2.09. The normalized spacial score (nSPS) is 13.3. The Morgan fingerprint density at radius 1 is 0.722 bits per heavy atom. The minimum absolute atomic E-state index is 0.115. The van der Waals surface area contributed by atoms with Crippen LogP contribution in [0.5, 0.6) is 0 Å². The molecule has 0 aliphatic rings. The van der Waals surface area contributed by atoms with Crippen LogP contribution in [-0.4, -0.2) is 13.1 Å². The molecule has 0 radical (unpaired) electrons. The van der Waals surface area contributed by atoms with Crippen molar-refractivity contribution < 1.29 is 4.80 Å². The summed E-state index contributed by atoms with van der Waals surface area (Å²) in [5.41, 5.74) is 0. The number of benzene rings is 2. The first-order valence-electron chi connectivity index (χ1n) is 6.45. The summed E-state index contributed by atoms with van der Waals surface area (Å²) in [6.45, 7) is 6.41. The van der Waals surface area contributed by atoms with E-state index in [1.807, 2.05) is 36.4 Å². The van der Waals surface area contributed by atoms with Gasteiger partial charge in [-0.05, 0) is 0 Å². The van der Waals surface area contributed by atoms with Crippen molar-refractivity contribution in [2.24, 2.45) is 0 Å². The van der Waals surface area contributed by atoms with Crippen LogP contribution in [0, 0.1) is 0 Å². The molecule has 0 aromatic heterocycles. The molecule has 0 spiro atoms. The van der Waals surface area contributed by atoms with Crippen LogP contribution in [0.4, 0.5) is 0 Å². The molecule has 0 aliphatic heterocycles. The van der Waals surface area contributed by atoms with Crippen LogP contribution >= 0.6 is 0 Å². The first kappa shape index (κ1) is 13.1. The van der Waals surface area contributed by atoms with Crippen LogP contribution in [0.25, 0.3) is 0 Å². The second-order valence-electron chi connectivity index (χ2n) is 6.01. The second-order valence-corrected chi connectivity index (χ2v) is 10.7. The predicted octanol–water partition coefficient (Wildman–Crippen LogP) is 2.27. The van der Waals surface area contributed by atoms with Gasteiger partial charge in [0, 0.05) is 0 Å². The summed E-state index contributed by atoms with van der Waals surface area (Å²) in [4.78, 5) is 11.5. The molecule has 0 unspecified atom stereocenters. The van der Waals surface area contributed by atoms with Crippen LogP contribution in [0.2, 0.25) is 5.04 Å². The molecule has 2 heteroatoms. The van der Waals surface area contributed by atoms with E-state index in [1.54, 1.807) is 0 Å². The molecule has 18 heavy (non-hydrogen) atoms. The van der Waals surface area contributed by atoms with E-state index in [0.717, 1.165) is 10.4 Å². The van der Waals surface area contributed by atoms with Crippen molar-refractivity contribution in [2.45, 2.75) is 25.8 Å². The summed E-state index contributed by atoms with van der Waals surface area (Å²) >= 11 is 0. The van der Waals surface area contributed by atoms with E-state index < -0.39 is 8.32 Å². The fourth-order valence-corrected chi connectivity index (χ4v) is 6.60. The van der Waals surface area contributed by atoms with Gasteiger partial charge >= 0.3 is 110 Å². The monoisotopic (exact) mass is 257 g/mol. The summed E-state index contributed by atoms with van der Waals surface area (Å²) in [6, 6.07) is 20.3. The Morgan fingerprint density at radius 2 is 1.06 bits per heavy atom. The van der Waals surface area contributed by atoms with Crippen molar-refractivity contribution in [1.29, 1.82) is 0 Å². The predicted molar refractivity (Wildman–Crippen MR) is 81.2 cm³/mol. The van der Waals surface area contributed by atoms with Crippen LogP contribution in [-0.2, 0) is 0 Å². The fourth-order valence-electron chi connectivity index (χ4n) is 2.66. The van der Waals surface area contributed by atoms with Crippen molar-refractivity contribution in [3.05, 3.63) is 60.7 Å². The zero-order chi connectivity index (χ0) is 13.2. The van der Waals surface area contributed by atoms with Crippen molar-refractivity contribution in [1.82, 2.24) is 0 Å². The van der Waals surface area contributed by atoms with Gasteiger partial charge in [0.15, 0.2) is 0 Å². The molecule has 0 saturated heterocycles. The molecular weight excluding hydrogens is 236 g/mol. The van der Waals surface area contributed by atoms with Crippen molar-refractivity contribution in [3.8, 4) is 0 Å². The first-order valence-corrected chi connectivity index (χ1v) is 8.69. The van der Waals surface area contributed by atoms with E-state index in [0.29, 0.717) is 0 Å². The van der Waals surface area contributed by atoms with Gasteiger partial charge in [-0.3, -0.25) is 0 Å². The molecule has 96 valence electrons. The van der Waals surface area contributed by atoms with Crippen LogP contribution in [0.1, 0.15) is 20.8 Å². The minimum atomic E-state index is -3.05. The molecule has 2 aromatic carbocycles. The zero-order valence-electron chi connectivity index (χ0n) is 11.3. The van der Waals surface area contributed by atoms with Crippen LogP contribution < -0.4 is 10.4 Å². The molecule has 0 amide bonds. The Labute approximate surface area is 110 Å². The fraction of sp³-hybridized carbons (Fsp3) is 0.250. The van der Waals surface area contributed by atoms with Crippen molar-refractivity contribution in [3.63, 3.8) is 0 Å². The summed E-state index contributed by atoms with van der Waals surface area (Å²) < 4.78 is 0. The summed E-state index contributed by atoms with van der Waals surface area (Å²) in [5.74, 6) is 0. The topological polar surface area (TPSA) is 20.2 Å². The Hall–Kier alpha value is -1.38. The Bertz CT molecular complexity index is 460. The molecular formula is C16H21OSi-. The van der Waals surface area contributed by atoms with Crippen LogP contribution in [0.15, 0.2) is 60.7 Å². The number of hydrogen-bond acceptors (Lipinski definition) is 1. The second kappa shape index (κ2) is 4.71. The van der Waals surface area contributed by atoms with E-state index in [2.05, 4.69) is 45.0 Å². The first-order chi connectivity index (χ1) is 8.46. The average Bonchev–Trinajstić information content (AvgIpc) is 2.38. The molecule has 2 rings (SSSR count). The molecule has 0 saturated carbocycles. The van der Waals surface area contributed by atoms with Crippen molar-refractivity contribution in [2.75, 3.05) is 0 Å². The Morgan fingerprint density at radius 3 is 1.33 bits per heavy atom. The maximum absolute atomic E-state index is 11.5.